The molecule has 0 aliphatic carbocycles. The Labute approximate surface area is 167 Å². The number of H-pyrrole nitrogens is 1. The van der Waals surface area contributed by atoms with Crippen molar-refractivity contribution in [1.29, 1.82) is 0 Å². The summed E-state index contributed by atoms with van der Waals surface area (Å²) in [5, 5.41) is 10.6. The van der Waals surface area contributed by atoms with E-state index in [-0.39, 0.29) is 5.91 Å². The van der Waals surface area contributed by atoms with E-state index in [4.69, 9.17) is 0 Å². The van der Waals surface area contributed by atoms with Crippen molar-refractivity contribution >= 4 is 34.3 Å². The van der Waals surface area contributed by atoms with Crippen LogP contribution in [0.2, 0.25) is 0 Å². The maximum absolute atomic E-state index is 11.5. The van der Waals surface area contributed by atoms with Crippen molar-refractivity contribution in [1.82, 2.24) is 15.0 Å². The highest BCUT2D eigenvalue weighted by atomic mass is 16.1. The van der Waals surface area contributed by atoms with Gasteiger partial charge in [0.15, 0.2) is 0 Å². The number of nitrogens with one attached hydrogen (secondary N) is 4. The molecule has 7 nitrogen and oxygen atoms in total. The third-order valence-corrected chi connectivity index (χ3v) is 4.99. The fourth-order valence-electron chi connectivity index (χ4n) is 3.52. The van der Waals surface area contributed by atoms with E-state index in [1.807, 2.05) is 30.5 Å². The third kappa shape index (κ3) is 3.75. The molecule has 0 bridgehead atoms. The summed E-state index contributed by atoms with van der Waals surface area (Å²) in [5.74, 6) is 1.37. The first-order valence-electron chi connectivity index (χ1n) is 9.51. The molecule has 1 amide bonds. The van der Waals surface area contributed by atoms with Crippen LogP contribution in [-0.4, -0.2) is 20.9 Å². The molecule has 2 aromatic carbocycles. The molecule has 3 heterocycles. The molecule has 1 aliphatic rings. The molecule has 4 N–H and O–H groups in total. The van der Waals surface area contributed by atoms with Gasteiger partial charge in [0.25, 0.3) is 0 Å². The summed E-state index contributed by atoms with van der Waals surface area (Å²) in [4.78, 5) is 23.5. The standard InChI is InChI=1S/C22H20N6O/c29-21-11-17-10-15(2-4-19(17)27-21)13-26-22-24-8-6-20(28-22)25-12-14-1-3-18-16(9-14)5-7-23-18/h1-10,23H,11-13H2,(H,27,29)(H2,24,25,26,28). The minimum atomic E-state index is 0.0443. The van der Waals surface area contributed by atoms with E-state index in [1.165, 1.54) is 10.9 Å². The molecule has 2 aromatic heterocycles. The van der Waals surface area contributed by atoms with Crippen LogP contribution in [0.1, 0.15) is 16.7 Å². The van der Waals surface area contributed by atoms with E-state index in [9.17, 15) is 4.79 Å². The number of hydrogen-bond acceptors (Lipinski definition) is 5. The molecular formula is C22H20N6O. The van der Waals surface area contributed by atoms with Gasteiger partial charge < -0.3 is 20.9 Å². The fourth-order valence-corrected chi connectivity index (χ4v) is 3.52. The van der Waals surface area contributed by atoms with Gasteiger partial charge >= 0.3 is 0 Å². The molecule has 144 valence electrons. The van der Waals surface area contributed by atoms with Crippen molar-refractivity contribution in [2.24, 2.45) is 0 Å². The minimum Gasteiger partial charge on any atom is -0.366 e. The SMILES string of the molecule is O=C1Cc2cc(CNc3nccc(NCc4ccc5[nH]ccc5c4)n3)ccc2N1. The number of aromatic nitrogens is 3. The average Bonchev–Trinajstić information content (AvgIpc) is 3.35. The predicted octanol–water partition coefficient (Wildman–Crippen LogP) is 3.68. The first-order chi connectivity index (χ1) is 14.2. The zero-order valence-corrected chi connectivity index (χ0v) is 15.7. The number of carbonyl (C=O) groups is 1. The molecule has 0 atom stereocenters. The quantitative estimate of drug-likeness (QED) is 0.407. The van der Waals surface area contributed by atoms with Crippen LogP contribution in [0.15, 0.2) is 60.9 Å². The predicted molar refractivity (Wildman–Crippen MR) is 114 cm³/mol. The first kappa shape index (κ1) is 17.2. The zero-order chi connectivity index (χ0) is 19.6. The summed E-state index contributed by atoms with van der Waals surface area (Å²) in [7, 11) is 0. The Bertz CT molecular complexity index is 1200. The van der Waals surface area contributed by atoms with E-state index in [2.05, 4.69) is 55.2 Å². The fraction of sp³-hybridized carbons (Fsp3) is 0.136. The molecule has 0 saturated heterocycles. The monoisotopic (exact) mass is 384 g/mol. The van der Waals surface area contributed by atoms with Crippen LogP contribution in [0.5, 0.6) is 0 Å². The van der Waals surface area contributed by atoms with Gasteiger partial charge in [-0.1, -0.05) is 18.2 Å². The Hall–Kier alpha value is -3.87. The van der Waals surface area contributed by atoms with Crippen molar-refractivity contribution in [2.75, 3.05) is 16.0 Å². The number of anilines is 3. The van der Waals surface area contributed by atoms with Crippen molar-refractivity contribution in [3.8, 4) is 0 Å². The van der Waals surface area contributed by atoms with Gasteiger partial charge in [0.1, 0.15) is 5.82 Å². The summed E-state index contributed by atoms with van der Waals surface area (Å²) in [6.07, 6.45) is 4.12. The zero-order valence-electron chi connectivity index (χ0n) is 15.7. The number of aromatic amines is 1. The molecule has 0 spiro atoms. The molecule has 4 aromatic rings. The molecule has 0 radical (unpaired) electrons. The van der Waals surface area contributed by atoms with Gasteiger partial charge in [0, 0.05) is 36.7 Å². The molecule has 5 rings (SSSR count). The Morgan fingerprint density at radius 1 is 0.966 bits per heavy atom. The van der Waals surface area contributed by atoms with Crippen LogP contribution in [0, 0.1) is 0 Å². The first-order valence-corrected chi connectivity index (χ1v) is 9.51. The van der Waals surface area contributed by atoms with Crippen LogP contribution in [0.25, 0.3) is 10.9 Å². The van der Waals surface area contributed by atoms with Crippen LogP contribution in [-0.2, 0) is 24.3 Å². The van der Waals surface area contributed by atoms with Gasteiger partial charge in [-0.25, -0.2) is 4.98 Å². The minimum absolute atomic E-state index is 0.0443. The van der Waals surface area contributed by atoms with Crippen LogP contribution in [0.4, 0.5) is 17.5 Å². The van der Waals surface area contributed by atoms with Crippen molar-refractivity contribution in [3.63, 3.8) is 0 Å². The van der Waals surface area contributed by atoms with E-state index in [0.717, 1.165) is 28.1 Å². The highest BCUT2D eigenvalue weighted by molar-refractivity contribution is 5.99. The lowest BCUT2D eigenvalue weighted by atomic mass is 10.1. The summed E-state index contributed by atoms with van der Waals surface area (Å²) in [6.45, 7) is 1.28. The number of rotatable bonds is 6. The van der Waals surface area contributed by atoms with Gasteiger partial charge in [0.2, 0.25) is 11.9 Å². The van der Waals surface area contributed by atoms with Gasteiger partial charge in [-0.3, -0.25) is 4.79 Å². The number of benzene rings is 2. The number of amides is 1. The molecule has 7 heteroatoms. The molecule has 0 unspecified atom stereocenters. The topological polar surface area (TPSA) is 94.7 Å². The van der Waals surface area contributed by atoms with E-state index in [0.29, 0.717) is 25.5 Å². The Kier molecular flexibility index (Phi) is 4.32. The maximum atomic E-state index is 11.5. The highest BCUT2D eigenvalue weighted by Crippen LogP contribution is 2.24. The van der Waals surface area contributed by atoms with Gasteiger partial charge in [-0.2, -0.15) is 4.98 Å². The van der Waals surface area contributed by atoms with E-state index >= 15 is 0 Å². The number of hydrogen-bond donors (Lipinski definition) is 4. The molecular weight excluding hydrogens is 364 g/mol. The summed E-state index contributed by atoms with van der Waals surface area (Å²) in [6, 6.07) is 16.2. The Balaban J connectivity index is 1.22. The second-order valence-electron chi connectivity index (χ2n) is 7.09. The van der Waals surface area contributed by atoms with Gasteiger partial charge in [0.05, 0.1) is 6.42 Å². The second kappa shape index (κ2) is 7.27. The summed E-state index contributed by atoms with van der Waals surface area (Å²) in [5.41, 5.74) is 5.34. The average molecular weight is 384 g/mol. The van der Waals surface area contributed by atoms with Gasteiger partial charge in [-0.05, 0) is 52.4 Å². The molecule has 1 aliphatic heterocycles. The Morgan fingerprint density at radius 3 is 2.79 bits per heavy atom. The number of nitrogens with zero attached hydrogens (tertiary/aromatic N) is 2. The largest absolute Gasteiger partial charge is 0.366 e. The third-order valence-electron chi connectivity index (χ3n) is 4.99. The Morgan fingerprint density at radius 2 is 1.83 bits per heavy atom. The van der Waals surface area contributed by atoms with Gasteiger partial charge in [-0.15, -0.1) is 0 Å². The van der Waals surface area contributed by atoms with Crippen molar-refractivity contribution < 1.29 is 4.79 Å². The summed E-state index contributed by atoms with van der Waals surface area (Å²) < 4.78 is 0. The van der Waals surface area contributed by atoms with E-state index < -0.39 is 0 Å². The highest BCUT2D eigenvalue weighted by Gasteiger charge is 2.17. The lowest BCUT2D eigenvalue weighted by molar-refractivity contribution is -0.115. The normalized spacial score (nSPS) is 12.6. The smallest absolute Gasteiger partial charge is 0.228 e. The lowest BCUT2D eigenvalue weighted by Crippen LogP contribution is -2.07. The van der Waals surface area contributed by atoms with Crippen molar-refractivity contribution in [3.05, 3.63) is 77.6 Å². The number of carbonyl (C=O) groups excluding carboxylic acids is 1. The van der Waals surface area contributed by atoms with Crippen LogP contribution in [0.3, 0.4) is 0 Å². The molecule has 0 saturated carbocycles. The molecule has 29 heavy (non-hydrogen) atoms. The van der Waals surface area contributed by atoms with Crippen LogP contribution < -0.4 is 16.0 Å². The molecule has 0 fully saturated rings. The van der Waals surface area contributed by atoms with Crippen molar-refractivity contribution in [2.45, 2.75) is 19.5 Å². The maximum Gasteiger partial charge on any atom is 0.228 e. The second-order valence-corrected chi connectivity index (χ2v) is 7.09. The van der Waals surface area contributed by atoms with E-state index in [1.54, 1.807) is 6.20 Å². The number of fused-ring (bicyclic) bond motifs is 2. The lowest BCUT2D eigenvalue weighted by Gasteiger charge is -2.09. The van der Waals surface area contributed by atoms with Crippen LogP contribution >= 0.6 is 0 Å². The summed E-state index contributed by atoms with van der Waals surface area (Å²) >= 11 is 0.